The summed E-state index contributed by atoms with van der Waals surface area (Å²) in [5.41, 5.74) is 1.23. The number of anilines is 1. The molecule has 0 saturated heterocycles. The maximum Gasteiger partial charge on any atom is 0.269 e. The molecule has 0 unspecified atom stereocenters. The van der Waals surface area contributed by atoms with E-state index in [0.717, 1.165) is 0 Å². The van der Waals surface area contributed by atoms with E-state index in [9.17, 15) is 14.0 Å². The molecule has 0 aliphatic heterocycles. The predicted octanol–water partition coefficient (Wildman–Crippen LogP) is 3.97. The second-order valence-corrected chi connectivity index (χ2v) is 6.28. The van der Waals surface area contributed by atoms with Crippen molar-refractivity contribution < 1.29 is 13.9 Å². The summed E-state index contributed by atoms with van der Waals surface area (Å²) in [7, 11) is 0. The van der Waals surface area contributed by atoms with E-state index in [4.69, 9.17) is 4.74 Å². The number of ether oxygens (including phenoxy) is 1. The highest BCUT2D eigenvalue weighted by Crippen LogP contribution is 2.29. The third kappa shape index (κ3) is 4.14. The maximum atomic E-state index is 13.4. The highest BCUT2D eigenvalue weighted by molar-refractivity contribution is 5.93. The van der Waals surface area contributed by atoms with Crippen LogP contribution < -0.4 is 15.6 Å². The first-order valence-corrected chi connectivity index (χ1v) is 8.87. The number of amides is 1. The predicted molar refractivity (Wildman–Crippen MR) is 108 cm³/mol. The van der Waals surface area contributed by atoms with Crippen LogP contribution in [-0.4, -0.2) is 15.5 Å². The van der Waals surface area contributed by atoms with E-state index in [2.05, 4.69) is 10.3 Å². The van der Waals surface area contributed by atoms with Crippen LogP contribution in [0.3, 0.4) is 0 Å². The Labute approximate surface area is 165 Å². The van der Waals surface area contributed by atoms with E-state index in [1.54, 1.807) is 48.5 Å². The van der Waals surface area contributed by atoms with Gasteiger partial charge in [0.15, 0.2) is 5.75 Å². The average molecular weight is 389 g/mol. The van der Waals surface area contributed by atoms with Crippen molar-refractivity contribution in [3.05, 3.63) is 95.2 Å². The number of para-hydroxylation sites is 4. The molecule has 0 spiro atoms. The molecular weight excluding hydrogens is 373 g/mol. The van der Waals surface area contributed by atoms with E-state index < -0.39 is 11.7 Å². The molecule has 0 bridgehead atoms. The zero-order valence-corrected chi connectivity index (χ0v) is 15.2. The largest absolute Gasteiger partial charge is 0.455 e. The Balaban J connectivity index is 1.57. The van der Waals surface area contributed by atoms with E-state index in [1.165, 1.54) is 29.0 Å². The number of benzene rings is 3. The van der Waals surface area contributed by atoms with Crippen molar-refractivity contribution in [1.82, 2.24) is 9.55 Å². The number of carbonyl (C=O) groups is 1. The lowest BCUT2D eigenvalue weighted by Gasteiger charge is -2.13. The van der Waals surface area contributed by atoms with Crippen LogP contribution in [0.1, 0.15) is 0 Å². The summed E-state index contributed by atoms with van der Waals surface area (Å²) in [6, 6.07) is 19.6. The minimum absolute atomic E-state index is 0.184. The molecule has 4 rings (SSSR count). The number of carbonyl (C=O) groups excluding carboxylic acids is 1. The lowest BCUT2D eigenvalue weighted by atomic mass is 10.2. The summed E-state index contributed by atoms with van der Waals surface area (Å²) in [5.74, 6) is -0.159. The average Bonchev–Trinajstić information content (AvgIpc) is 2.72. The van der Waals surface area contributed by atoms with Crippen LogP contribution in [0.25, 0.3) is 11.0 Å². The molecule has 0 fully saturated rings. The first kappa shape index (κ1) is 18.4. The van der Waals surface area contributed by atoms with Crippen LogP contribution >= 0.6 is 0 Å². The monoisotopic (exact) mass is 389 g/mol. The number of rotatable bonds is 5. The Morgan fingerprint density at radius 2 is 1.83 bits per heavy atom. The minimum Gasteiger partial charge on any atom is -0.455 e. The lowest BCUT2D eigenvalue weighted by molar-refractivity contribution is -0.116. The van der Waals surface area contributed by atoms with E-state index in [-0.39, 0.29) is 12.1 Å². The van der Waals surface area contributed by atoms with Crippen molar-refractivity contribution in [2.24, 2.45) is 0 Å². The molecule has 3 aromatic carbocycles. The van der Waals surface area contributed by atoms with Crippen molar-refractivity contribution in [3.63, 3.8) is 0 Å². The normalized spacial score (nSPS) is 10.7. The molecule has 7 heteroatoms. The van der Waals surface area contributed by atoms with Crippen LogP contribution in [0.15, 0.2) is 83.8 Å². The Morgan fingerprint density at radius 3 is 2.69 bits per heavy atom. The second kappa shape index (κ2) is 7.93. The molecule has 1 amide bonds. The van der Waals surface area contributed by atoms with Gasteiger partial charge in [0.25, 0.3) is 5.56 Å². The Kier molecular flexibility index (Phi) is 5.03. The van der Waals surface area contributed by atoms with Gasteiger partial charge in [-0.15, -0.1) is 0 Å². The van der Waals surface area contributed by atoms with Crippen molar-refractivity contribution in [3.8, 4) is 11.5 Å². The van der Waals surface area contributed by atoms with Crippen LogP contribution in [0.2, 0.25) is 0 Å². The topological polar surface area (TPSA) is 73.2 Å². The molecule has 0 saturated carbocycles. The number of hydrogen-bond acceptors (Lipinski definition) is 4. The third-order valence-electron chi connectivity index (χ3n) is 4.24. The van der Waals surface area contributed by atoms with Crippen LogP contribution in [0, 0.1) is 5.82 Å². The van der Waals surface area contributed by atoms with Crippen LogP contribution in [-0.2, 0) is 11.3 Å². The molecule has 1 heterocycles. The Hall–Kier alpha value is -4.00. The van der Waals surface area contributed by atoms with Gasteiger partial charge in [-0.05, 0) is 36.4 Å². The van der Waals surface area contributed by atoms with Gasteiger partial charge in [0, 0.05) is 6.07 Å². The molecule has 0 aliphatic rings. The van der Waals surface area contributed by atoms with Crippen molar-refractivity contribution in [2.75, 3.05) is 5.32 Å². The minimum atomic E-state index is -0.423. The van der Waals surface area contributed by atoms with Gasteiger partial charge in [-0.3, -0.25) is 14.2 Å². The number of nitrogens with one attached hydrogen (secondary N) is 1. The van der Waals surface area contributed by atoms with Crippen molar-refractivity contribution in [1.29, 1.82) is 0 Å². The van der Waals surface area contributed by atoms with E-state index in [1.807, 2.05) is 6.07 Å². The van der Waals surface area contributed by atoms with E-state index >= 15 is 0 Å². The number of fused-ring (bicyclic) bond motifs is 1. The Bertz CT molecular complexity index is 1250. The molecular formula is C22H16FN3O3. The third-order valence-corrected chi connectivity index (χ3v) is 4.24. The van der Waals surface area contributed by atoms with Gasteiger partial charge in [0.05, 0.1) is 22.9 Å². The fourth-order valence-electron chi connectivity index (χ4n) is 2.93. The maximum absolute atomic E-state index is 13.4. The first-order valence-electron chi connectivity index (χ1n) is 8.87. The zero-order valence-electron chi connectivity index (χ0n) is 15.2. The number of hydrogen-bond donors (Lipinski definition) is 1. The summed E-state index contributed by atoms with van der Waals surface area (Å²) < 4.78 is 20.5. The molecule has 4 aromatic rings. The molecule has 1 N–H and O–H groups in total. The number of aromatic nitrogens is 2. The van der Waals surface area contributed by atoms with Gasteiger partial charge in [0.1, 0.15) is 18.1 Å². The van der Waals surface area contributed by atoms with Crippen LogP contribution in [0.5, 0.6) is 11.5 Å². The fourth-order valence-corrected chi connectivity index (χ4v) is 2.93. The lowest BCUT2D eigenvalue weighted by Crippen LogP contribution is -2.28. The molecule has 0 aliphatic carbocycles. The molecule has 0 atom stereocenters. The van der Waals surface area contributed by atoms with Gasteiger partial charge >= 0.3 is 0 Å². The first-order chi connectivity index (χ1) is 14.1. The molecule has 0 radical (unpaired) electrons. The SMILES string of the molecule is O=C(Cn1c(=O)cnc2ccccc21)Nc1ccccc1Oc1cccc(F)c1. The summed E-state index contributed by atoms with van der Waals surface area (Å²) >= 11 is 0. The van der Waals surface area contributed by atoms with Gasteiger partial charge in [-0.25, -0.2) is 9.37 Å². The zero-order chi connectivity index (χ0) is 20.2. The van der Waals surface area contributed by atoms with Crippen LogP contribution in [0.4, 0.5) is 10.1 Å². The number of halogens is 1. The molecule has 1 aromatic heterocycles. The molecule has 6 nitrogen and oxygen atoms in total. The summed E-state index contributed by atoms with van der Waals surface area (Å²) in [6.45, 7) is -0.184. The van der Waals surface area contributed by atoms with Crippen molar-refractivity contribution >= 4 is 22.6 Å². The second-order valence-electron chi connectivity index (χ2n) is 6.28. The smallest absolute Gasteiger partial charge is 0.269 e. The fraction of sp³-hybridized carbons (Fsp3) is 0.0455. The van der Waals surface area contributed by atoms with Gasteiger partial charge in [0.2, 0.25) is 5.91 Å². The highest BCUT2D eigenvalue weighted by Gasteiger charge is 2.12. The van der Waals surface area contributed by atoms with Gasteiger partial charge in [-0.2, -0.15) is 0 Å². The molecule has 29 heavy (non-hydrogen) atoms. The highest BCUT2D eigenvalue weighted by atomic mass is 19.1. The quantitative estimate of drug-likeness (QED) is 0.561. The molecule has 144 valence electrons. The Morgan fingerprint density at radius 1 is 1.03 bits per heavy atom. The van der Waals surface area contributed by atoms with Gasteiger partial charge in [-0.1, -0.05) is 30.3 Å². The standard InChI is InChI=1S/C22H16FN3O3/c23-15-6-5-7-16(12-15)29-20-11-4-2-9-18(20)25-21(27)14-26-19-10-3-1-8-17(19)24-13-22(26)28/h1-13H,14H2,(H,25,27). The van der Waals surface area contributed by atoms with E-state index in [0.29, 0.717) is 28.2 Å². The summed E-state index contributed by atoms with van der Waals surface area (Å²) in [5, 5.41) is 2.75. The summed E-state index contributed by atoms with van der Waals surface area (Å²) in [6.07, 6.45) is 1.19. The van der Waals surface area contributed by atoms with Gasteiger partial charge < -0.3 is 10.1 Å². The number of nitrogens with zero attached hydrogens (tertiary/aromatic N) is 2. The summed E-state index contributed by atoms with van der Waals surface area (Å²) in [4.78, 5) is 28.9. The van der Waals surface area contributed by atoms with Crippen molar-refractivity contribution in [2.45, 2.75) is 6.54 Å².